The molecule has 1 aromatic heterocycles. The molecule has 19 heavy (non-hydrogen) atoms. The van der Waals surface area contributed by atoms with Crippen molar-refractivity contribution in [2.45, 2.75) is 18.6 Å². The smallest absolute Gasteiger partial charge is 0.170 e. The van der Waals surface area contributed by atoms with Crippen molar-refractivity contribution in [2.75, 3.05) is 5.88 Å². The lowest BCUT2D eigenvalue weighted by atomic mass is 9.99. The molecule has 0 saturated carbocycles. The van der Waals surface area contributed by atoms with Crippen molar-refractivity contribution >= 4 is 11.6 Å². The number of aliphatic hydroxyl groups is 2. The van der Waals surface area contributed by atoms with Crippen molar-refractivity contribution < 1.29 is 19.8 Å². The number of alkyl halides is 1. The highest BCUT2D eigenvalue weighted by molar-refractivity contribution is 6.17. The molecule has 2 aromatic rings. The van der Waals surface area contributed by atoms with E-state index in [2.05, 4.69) is 5.16 Å². The van der Waals surface area contributed by atoms with Gasteiger partial charge in [0.05, 0.1) is 17.9 Å². The normalized spacial score (nSPS) is 14.3. The van der Waals surface area contributed by atoms with Crippen LogP contribution >= 0.6 is 11.6 Å². The summed E-state index contributed by atoms with van der Waals surface area (Å²) in [5.74, 6) is 0.656. The van der Waals surface area contributed by atoms with Crippen LogP contribution in [-0.2, 0) is 0 Å². The molecule has 1 heterocycles. The van der Waals surface area contributed by atoms with Gasteiger partial charge in [0.2, 0.25) is 0 Å². The number of aliphatic hydroxyl groups excluding tert-OH is 2. The number of aromatic nitrogens is 1. The number of halogens is 1. The Kier molecular flexibility index (Phi) is 4.42. The van der Waals surface area contributed by atoms with Crippen LogP contribution in [0.1, 0.15) is 18.1 Å². The number of hydrogen-bond donors (Lipinski definition) is 3. The average molecular weight is 284 g/mol. The number of aromatic hydroxyl groups is 1. The Hall–Kier alpha value is -1.56. The third kappa shape index (κ3) is 3.07. The molecule has 0 spiro atoms. The second kappa shape index (κ2) is 6.06. The van der Waals surface area contributed by atoms with E-state index in [1.54, 1.807) is 12.1 Å². The van der Waals surface area contributed by atoms with Crippen LogP contribution in [0.15, 0.2) is 35.0 Å². The van der Waals surface area contributed by atoms with Crippen molar-refractivity contribution in [3.63, 3.8) is 0 Å². The molecule has 0 aliphatic carbocycles. The van der Waals surface area contributed by atoms with Gasteiger partial charge in [-0.25, -0.2) is 0 Å². The van der Waals surface area contributed by atoms with Crippen LogP contribution in [0.3, 0.4) is 0 Å². The highest BCUT2D eigenvalue weighted by Gasteiger charge is 2.20. The van der Waals surface area contributed by atoms with E-state index in [4.69, 9.17) is 16.1 Å². The highest BCUT2D eigenvalue weighted by atomic mass is 35.5. The minimum Gasteiger partial charge on any atom is -0.507 e. The highest BCUT2D eigenvalue weighted by Crippen LogP contribution is 2.32. The van der Waals surface area contributed by atoms with Gasteiger partial charge >= 0.3 is 0 Å². The number of nitrogens with zero attached hydrogens (tertiary/aromatic N) is 1. The summed E-state index contributed by atoms with van der Waals surface area (Å²) < 4.78 is 4.97. The predicted molar refractivity (Wildman–Crippen MR) is 69.9 cm³/mol. The predicted octanol–water partition coefficient (Wildman–Crippen LogP) is 2.07. The molecule has 0 saturated heterocycles. The Bertz CT molecular complexity index is 529. The molecule has 0 aliphatic rings. The first kappa shape index (κ1) is 13.9. The van der Waals surface area contributed by atoms with Gasteiger partial charge in [0.15, 0.2) is 5.76 Å². The number of rotatable bonds is 5. The second-order valence-electron chi connectivity index (χ2n) is 4.14. The fourth-order valence-corrected chi connectivity index (χ4v) is 2.01. The van der Waals surface area contributed by atoms with E-state index in [0.29, 0.717) is 16.9 Å². The maximum Gasteiger partial charge on any atom is 0.170 e. The van der Waals surface area contributed by atoms with Gasteiger partial charge in [0.25, 0.3) is 0 Å². The Morgan fingerprint density at radius 3 is 2.68 bits per heavy atom. The summed E-state index contributed by atoms with van der Waals surface area (Å²) in [6.45, 7) is 0. The van der Waals surface area contributed by atoms with E-state index in [-0.39, 0.29) is 18.1 Å². The Morgan fingerprint density at radius 1 is 1.26 bits per heavy atom. The lowest BCUT2D eigenvalue weighted by Gasteiger charge is -2.18. The molecule has 0 amide bonds. The SMILES string of the molecule is Oc1ccc(C(O)C(O)CCCl)cc1-c1ccno1. The van der Waals surface area contributed by atoms with Gasteiger partial charge in [0.1, 0.15) is 11.9 Å². The first-order chi connectivity index (χ1) is 9.13. The molecule has 102 valence electrons. The summed E-state index contributed by atoms with van der Waals surface area (Å²) in [5, 5.41) is 33.1. The van der Waals surface area contributed by atoms with E-state index in [0.717, 1.165) is 0 Å². The molecule has 1 aromatic carbocycles. The van der Waals surface area contributed by atoms with Gasteiger partial charge < -0.3 is 19.8 Å². The second-order valence-corrected chi connectivity index (χ2v) is 4.52. The van der Waals surface area contributed by atoms with Crippen LogP contribution in [0, 0.1) is 0 Å². The van der Waals surface area contributed by atoms with Crippen molar-refractivity contribution in [2.24, 2.45) is 0 Å². The molecule has 0 aliphatic heterocycles. The molecule has 3 N–H and O–H groups in total. The third-order valence-corrected chi connectivity index (χ3v) is 3.05. The molecule has 2 unspecified atom stereocenters. The van der Waals surface area contributed by atoms with Crippen LogP contribution in [0.2, 0.25) is 0 Å². The largest absolute Gasteiger partial charge is 0.507 e. The standard InChI is InChI=1S/C13H14ClNO4/c14-5-3-11(17)13(18)8-1-2-10(16)9(7-8)12-4-6-15-19-12/h1-2,4,6-7,11,13,16-18H,3,5H2. The van der Waals surface area contributed by atoms with Crippen LogP contribution in [0.4, 0.5) is 0 Å². The number of phenols is 1. The van der Waals surface area contributed by atoms with Crippen molar-refractivity contribution in [1.82, 2.24) is 5.16 Å². The fourth-order valence-electron chi connectivity index (χ4n) is 1.78. The first-order valence-corrected chi connectivity index (χ1v) is 6.33. The van der Waals surface area contributed by atoms with Gasteiger partial charge in [-0.2, -0.15) is 0 Å². The minimum absolute atomic E-state index is 0.0135. The maximum atomic E-state index is 10.00. The fraction of sp³-hybridized carbons (Fsp3) is 0.308. The zero-order valence-electron chi connectivity index (χ0n) is 10.0. The molecule has 0 fully saturated rings. The van der Waals surface area contributed by atoms with Crippen LogP contribution in [0.5, 0.6) is 5.75 Å². The van der Waals surface area contributed by atoms with Gasteiger partial charge in [-0.15, -0.1) is 11.6 Å². The molecular weight excluding hydrogens is 270 g/mol. The van der Waals surface area contributed by atoms with Gasteiger partial charge in [0, 0.05) is 11.9 Å². The van der Waals surface area contributed by atoms with E-state index >= 15 is 0 Å². The van der Waals surface area contributed by atoms with E-state index in [9.17, 15) is 15.3 Å². The van der Waals surface area contributed by atoms with Gasteiger partial charge in [-0.05, 0) is 24.1 Å². The Labute approximate surface area is 115 Å². The Balaban J connectivity index is 2.31. The van der Waals surface area contributed by atoms with Crippen molar-refractivity contribution in [1.29, 1.82) is 0 Å². The molecule has 2 rings (SSSR count). The summed E-state index contributed by atoms with van der Waals surface area (Å²) in [6, 6.07) is 6.12. The zero-order chi connectivity index (χ0) is 13.8. The summed E-state index contributed by atoms with van der Waals surface area (Å²) in [4.78, 5) is 0. The lowest BCUT2D eigenvalue weighted by Crippen LogP contribution is -2.18. The van der Waals surface area contributed by atoms with E-state index in [1.165, 1.54) is 18.3 Å². The number of phenolic OH excluding ortho intramolecular Hbond substituents is 1. The molecular formula is C13H14ClNO4. The van der Waals surface area contributed by atoms with Gasteiger partial charge in [-0.3, -0.25) is 0 Å². The molecule has 0 radical (unpaired) electrons. The Morgan fingerprint density at radius 2 is 2.05 bits per heavy atom. The quantitative estimate of drug-likeness (QED) is 0.731. The summed E-state index contributed by atoms with van der Waals surface area (Å²) in [6.07, 6.45) is -0.285. The third-order valence-electron chi connectivity index (χ3n) is 2.83. The zero-order valence-corrected chi connectivity index (χ0v) is 10.8. The summed E-state index contributed by atoms with van der Waals surface area (Å²) in [7, 11) is 0. The van der Waals surface area contributed by atoms with Crippen molar-refractivity contribution in [3.8, 4) is 17.1 Å². The maximum absolute atomic E-state index is 10.00. The summed E-state index contributed by atoms with van der Waals surface area (Å²) in [5.41, 5.74) is 0.883. The van der Waals surface area contributed by atoms with Crippen molar-refractivity contribution in [3.05, 3.63) is 36.0 Å². The van der Waals surface area contributed by atoms with E-state index < -0.39 is 12.2 Å². The molecule has 5 nitrogen and oxygen atoms in total. The molecule has 0 bridgehead atoms. The minimum atomic E-state index is -1.07. The number of hydrogen-bond acceptors (Lipinski definition) is 5. The van der Waals surface area contributed by atoms with Crippen LogP contribution in [0.25, 0.3) is 11.3 Å². The van der Waals surface area contributed by atoms with Gasteiger partial charge in [-0.1, -0.05) is 11.2 Å². The molecule has 6 heteroatoms. The van der Waals surface area contributed by atoms with E-state index in [1.807, 2.05) is 0 Å². The lowest BCUT2D eigenvalue weighted by molar-refractivity contribution is 0.0170. The monoisotopic (exact) mass is 283 g/mol. The first-order valence-electron chi connectivity index (χ1n) is 5.79. The average Bonchev–Trinajstić information content (AvgIpc) is 2.92. The van der Waals surface area contributed by atoms with Crippen LogP contribution in [-0.4, -0.2) is 32.5 Å². The summed E-state index contributed by atoms with van der Waals surface area (Å²) >= 11 is 5.53. The number of benzene rings is 1. The topological polar surface area (TPSA) is 86.7 Å². The van der Waals surface area contributed by atoms with Crippen LogP contribution < -0.4 is 0 Å². The molecule has 2 atom stereocenters.